The number of quaternary nitrogens is 1. The van der Waals surface area contributed by atoms with E-state index in [1.807, 2.05) is 12.2 Å². The molecule has 0 atom stereocenters. The molecule has 0 aromatic carbocycles. The van der Waals surface area contributed by atoms with Crippen LogP contribution in [0.15, 0.2) is 12.2 Å². The molecular formula is C28H52NO6+. The summed E-state index contributed by atoms with van der Waals surface area (Å²) in [6.45, 7) is 0.919. The summed E-state index contributed by atoms with van der Waals surface area (Å²) in [6.07, 6.45) is 26.8. The van der Waals surface area contributed by atoms with Crippen molar-refractivity contribution in [2.24, 2.45) is 0 Å². The molecule has 0 unspecified atom stereocenters. The number of hydrogen-bond donors (Lipinski definition) is 3. The normalized spacial score (nSPS) is 11.8. The average molecular weight is 499 g/mol. The second-order valence-electron chi connectivity index (χ2n) is 10.1. The van der Waals surface area contributed by atoms with Crippen LogP contribution in [0.5, 0.6) is 0 Å². The molecule has 0 bridgehead atoms. The third-order valence-corrected chi connectivity index (χ3v) is 6.57. The zero-order chi connectivity index (χ0) is 26.2. The van der Waals surface area contributed by atoms with Crippen molar-refractivity contribution in [2.45, 2.75) is 122 Å². The minimum Gasteiger partial charge on any atom is -0.477 e. The van der Waals surface area contributed by atoms with Gasteiger partial charge >= 0.3 is 17.9 Å². The minimum absolute atomic E-state index is 0.181. The third-order valence-electron chi connectivity index (χ3n) is 6.57. The number of carboxylic acid groups (broad SMARTS) is 3. The van der Waals surface area contributed by atoms with Crippen LogP contribution in [-0.2, 0) is 14.4 Å². The van der Waals surface area contributed by atoms with Gasteiger partial charge in [0.25, 0.3) is 0 Å². The topological polar surface area (TPSA) is 112 Å². The Balaban J connectivity index is 3.76. The summed E-state index contributed by atoms with van der Waals surface area (Å²) < 4.78 is -0.483. The molecule has 35 heavy (non-hydrogen) atoms. The van der Waals surface area contributed by atoms with Crippen LogP contribution in [0.4, 0.5) is 0 Å². The summed E-state index contributed by atoms with van der Waals surface area (Å²) in [5.74, 6) is -3.57. The first kappa shape index (κ1) is 33.1. The van der Waals surface area contributed by atoms with Crippen LogP contribution in [0, 0.1) is 0 Å². The lowest BCUT2D eigenvalue weighted by Crippen LogP contribution is -2.57. The predicted molar refractivity (Wildman–Crippen MR) is 141 cm³/mol. The number of allylic oxidation sites excluding steroid dienone is 1. The van der Waals surface area contributed by atoms with Gasteiger partial charge in [0.2, 0.25) is 0 Å². The van der Waals surface area contributed by atoms with Crippen molar-refractivity contribution in [1.29, 1.82) is 0 Å². The summed E-state index contributed by atoms with van der Waals surface area (Å²) >= 11 is 0. The molecular weight excluding hydrogens is 446 g/mol. The van der Waals surface area contributed by atoms with Crippen molar-refractivity contribution in [1.82, 2.24) is 0 Å². The fraction of sp³-hybridized carbons (Fsp3) is 0.821. The molecule has 0 aromatic rings. The van der Waals surface area contributed by atoms with Gasteiger partial charge in [0.1, 0.15) is 0 Å². The van der Waals surface area contributed by atoms with E-state index in [1.54, 1.807) is 0 Å². The van der Waals surface area contributed by atoms with Crippen molar-refractivity contribution < 1.29 is 34.2 Å². The van der Waals surface area contributed by atoms with Gasteiger partial charge in [-0.05, 0) is 12.8 Å². The molecule has 0 fully saturated rings. The van der Waals surface area contributed by atoms with Gasteiger partial charge in [-0.1, -0.05) is 115 Å². The molecule has 7 nitrogen and oxygen atoms in total. The molecule has 0 aromatic heterocycles. The van der Waals surface area contributed by atoms with E-state index in [9.17, 15) is 14.4 Å². The second kappa shape index (κ2) is 22.6. The van der Waals surface area contributed by atoms with Gasteiger partial charge in [-0.15, -0.1) is 0 Å². The quantitative estimate of drug-likeness (QED) is 0.0699. The standard InChI is InChI=1S/C28H51NO6/c1-2-3-4-5-6-7-8-9-10-11-12-13-14-15-16-17-18-19-20-21-22-29(23-26(30)31,24-27(32)33)25-28(34)35/h19-20H,2-18,21-25H2,1H3,(H2-,30,31,32,33,34,35)/p+1/b20-19+. The zero-order valence-electron chi connectivity index (χ0n) is 22.2. The van der Waals surface area contributed by atoms with Crippen molar-refractivity contribution in [3.8, 4) is 0 Å². The van der Waals surface area contributed by atoms with Crippen molar-refractivity contribution in [3.63, 3.8) is 0 Å². The van der Waals surface area contributed by atoms with E-state index in [-0.39, 0.29) is 6.54 Å². The highest BCUT2D eigenvalue weighted by molar-refractivity contribution is 5.73. The molecule has 7 heteroatoms. The van der Waals surface area contributed by atoms with Gasteiger partial charge in [-0.25, -0.2) is 14.4 Å². The summed E-state index contributed by atoms with van der Waals surface area (Å²) in [5.41, 5.74) is 0. The van der Waals surface area contributed by atoms with E-state index < -0.39 is 42.0 Å². The Morgan fingerprint density at radius 3 is 1.17 bits per heavy atom. The number of unbranched alkanes of at least 4 members (excludes halogenated alkanes) is 16. The molecule has 0 aliphatic heterocycles. The highest BCUT2D eigenvalue weighted by atomic mass is 16.4. The molecule has 0 spiro atoms. The Kier molecular flexibility index (Phi) is 21.3. The Morgan fingerprint density at radius 1 is 0.514 bits per heavy atom. The minimum atomic E-state index is -1.19. The monoisotopic (exact) mass is 498 g/mol. The third kappa shape index (κ3) is 22.3. The van der Waals surface area contributed by atoms with Crippen LogP contribution in [-0.4, -0.2) is 63.9 Å². The Hall–Kier alpha value is -1.89. The first-order chi connectivity index (χ1) is 16.8. The number of carboxylic acids is 3. The Morgan fingerprint density at radius 2 is 0.829 bits per heavy atom. The molecule has 0 saturated heterocycles. The summed E-state index contributed by atoms with van der Waals surface area (Å²) in [5, 5.41) is 27.4. The van der Waals surface area contributed by atoms with E-state index in [1.165, 1.54) is 96.3 Å². The van der Waals surface area contributed by atoms with Crippen LogP contribution >= 0.6 is 0 Å². The van der Waals surface area contributed by atoms with Gasteiger partial charge in [0.15, 0.2) is 19.6 Å². The van der Waals surface area contributed by atoms with Gasteiger partial charge in [0.05, 0.1) is 6.54 Å². The van der Waals surface area contributed by atoms with Crippen molar-refractivity contribution >= 4 is 17.9 Å². The van der Waals surface area contributed by atoms with Gasteiger partial charge in [-0.2, -0.15) is 0 Å². The number of carbonyl (C=O) groups is 3. The molecule has 0 saturated carbocycles. The maximum Gasteiger partial charge on any atom is 0.359 e. The lowest BCUT2D eigenvalue weighted by Gasteiger charge is -2.33. The maximum atomic E-state index is 11.2. The number of rotatable bonds is 26. The van der Waals surface area contributed by atoms with Crippen molar-refractivity contribution in [3.05, 3.63) is 12.2 Å². The maximum absolute atomic E-state index is 11.2. The zero-order valence-corrected chi connectivity index (χ0v) is 22.2. The highest BCUT2D eigenvalue weighted by Crippen LogP contribution is 2.14. The number of nitrogens with zero attached hydrogens (tertiary/aromatic N) is 1. The second-order valence-corrected chi connectivity index (χ2v) is 10.1. The Labute approximate surface area is 213 Å². The Bertz CT molecular complexity index is 549. The largest absolute Gasteiger partial charge is 0.477 e. The molecule has 204 valence electrons. The molecule has 0 amide bonds. The van der Waals surface area contributed by atoms with E-state index in [0.29, 0.717) is 6.42 Å². The molecule has 0 heterocycles. The van der Waals surface area contributed by atoms with E-state index in [0.717, 1.165) is 12.8 Å². The van der Waals surface area contributed by atoms with Gasteiger partial charge in [0, 0.05) is 6.42 Å². The lowest BCUT2D eigenvalue weighted by atomic mass is 10.0. The summed E-state index contributed by atoms with van der Waals surface area (Å²) in [7, 11) is 0. The fourth-order valence-corrected chi connectivity index (χ4v) is 4.66. The average Bonchev–Trinajstić information content (AvgIpc) is 2.76. The van der Waals surface area contributed by atoms with Crippen LogP contribution in [0.1, 0.15) is 122 Å². The molecule has 3 N–H and O–H groups in total. The van der Waals surface area contributed by atoms with Gasteiger partial charge < -0.3 is 15.3 Å². The summed E-state index contributed by atoms with van der Waals surface area (Å²) in [4.78, 5) is 33.5. The van der Waals surface area contributed by atoms with E-state index >= 15 is 0 Å². The number of aliphatic carboxylic acids is 3. The van der Waals surface area contributed by atoms with Crippen molar-refractivity contribution in [2.75, 3.05) is 26.2 Å². The lowest BCUT2D eigenvalue weighted by molar-refractivity contribution is -0.907. The predicted octanol–water partition coefficient (Wildman–Crippen LogP) is 6.65. The SMILES string of the molecule is CCCCCCCCCCCCCCCCCC/C=C/CC[N+](CC(=O)O)(CC(=O)O)CC(=O)O. The molecule has 0 aliphatic rings. The fourth-order valence-electron chi connectivity index (χ4n) is 4.66. The molecule has 0 radical (unpaired) electrons. The smallest absolute Gasteiger partial charge is 0.359 e. The van der Waals surface area contributed by atoms with E-state index in [2.05, 4.69) is 6.92 Å². The molecule has 0 aliphatic carbocycles. The first-order valence-corrected chi connectivity index (χ1v) is 14.0. The van der Waals surface area contributed by atoms with Crippen LogP contribution in [0.3, 0.4) is 0 Å². The highest BCUT2D eigenvalue weighted by Gasteiger charge is 2.35. The molecule has 0 rings (SSSR count). The first-order valence-electron chi connectivity index (χ1n) is 14.0. The number of hydrogen-bond acceptors (Lipinski definition) is 3. The van der Waals surface area contributed by atoms with Crippen LogP contribution < -0.4 is 0 Å². The van der Waals surface area contributed by atoms with E-state index in [4.69, 9.17) is 15.3 Å². The van der Waals surface area contributed by atoms with Crippen LogP contribution in [0.2, 0.25) is 0 Å². The van der Waals surface area contributed by atoms with Gasteiger partial charge in [-0.3, -0.25) is 4.48 Å². The summed E-state index contributed by atoms with van der Waals surface area (Å²) in [6, 6.07) is 0. The van der Waals surface area contributed by atoms with Crippen LogP contribution in [0.25, 0.3) is 0 Å².